The first-order valence-electron chi connectivity index (χ1n) is 11.0. The lowest BCUT2D eigenvalue weighted by Crippen LogP contribution is -2.41. The predicted molar refractivity (Wildman–Crippen MR) is 143 cm³/mol. The molecule has 0 saturated carbocycles. The normalized spacial score (nSPS) is 14.6. The third-order valence-corrected chi connectivity index (χ3v) is 8.09. The molecule has 11 heteroatoms. The Balaban J connectivity index is 1.32. The number of hydrogen-bond donors (Lipinski definition) is 3. The molecular weight excluding hydrogens is 552 g/mol. The second-order valence-electron chi connectivity index (χ2n) is 7.85. The van der Waals surface area contributed by atoms with Crippen molar-refractivity contribution in [1.82, 2.24) is 15.6 Å². The Morgan fingerprint density at radius 2 is 1.80 bits per heavy atom. The van der Waals surface area contributed by atoms with Crippen molar-refractivity contribution in [3.8, 4) is 16.2 Å². The number of carbonyl (C=O) groups is 2. The van der Waals surface area contributed by atoms with Gasteiger partial charge in [-0.1, -0.05) is 28.1 Å². The number of rotatable bonds is 8. The van der Waals surface area contributed by atoms with Gasteiger partial charge in [0, 0.05) is 36.0 Å². The second-order valence-corrected chi connectivity index (χ2v) is 10.7. The molecule has 0 unspecified atom stereocenters. The Bertz CT molecular complexity index is 1220. The maximum Gasteiger partial charge on any atom is 0.281 e. The average Bonchev–Trinajstić information content (AvgIpc) is 3.51. The molecule has 0 spiro atoms. The van der Waals surface area contributed by atoms with Crippen LogP contribution in [0.3, 0.4) is 0 Å². The molecule has 1 saturated heterocycles. The topological polar surface area (TPSA) is 103 Å². The van der Waals surface area contributed by atoms with E-state index in [0.717, 1.165) is 59.1 Å². The number of amides is 2. The number of halogens is 1. The third kappa shape index (κ3) is 6.56. The van der Waals surface area contributed by atoms with Crippen LogP contribution in [0.15, 0.2) is 51.4 Å². The standard InChI is InChI=1S/C24H25BrN4O4S2/c1-15(18-14-34-22(21(18)30)16-2-4-17(25)5-3-16)27-28-24(32)20-7-6-19(35-20)23(31)26-8-9-29-10-12-33-13-11-29/h2-7,14,30H,8-13H2,1H3,(H,26,31)(H,28,32)/b27-15+. The highest BCUT2D eigenvalue weighted by atomic mass is 79.9. The number of thiophene rings is 2. The number of hydrogen-bond acceptors (Lipinski definition) is 8. The minimum Gasteiger partial charge on any atom is -0.506 e. The summed E-state index contributed by atoms with van der Waals surface area (Å²) in [5, 5.41) is 19.5. The van der Waals surface area contributed by atoms with Crippen LogP contribution >= 0.6 is 38.6 Å². The maximum absolute atomic E-state index is 12.6. The summed E-state index contributed by atoms with van der Waals surface area (Å²) in [5.74, 6) is -0.491. The van der Waals surface area contributed by atoms with Crippen molar-refractivity contribution >= 4 is 56.1 Å². The summed E-state index contributed by atoms with van der Waals surface area (Å²) in [4.78, 5) is 28.8. The maximum atomic E-state index is 12.6. The Labute approximate surface area is 219 Å². The molecule has 0 bridgehead atoms. The van der Waals surface area contributed by atoms with E-state index in [0.29, 0.717) is 27.6 Å². The fourth-order valence-corrected chi connectivity index (χ4v) is 5.57. The number of aromatic hydroxyl groups is 1. The van der Waals surface area contributed by atoms with E-state index < -0.39 is 5.91 Å². The van der Waals surface area contributed by atoms with Gasteiger partial charge < -0.3 is 15.2 Å². The van der Waals surface area contributed by atoms with Crippen molar-refractivity contribution in [2.75, 3.05) is 39.4 Å². The highest BCUT2D eigenvalue weighted by molar-refractivity contribution is 9.10. The molecule has 4 rings (SSSR count). The van der Waals surface area contributed by atoms with Gasteiger partial charge in [-0.2, -0.15) is 5.10 Å². The van der Waals surface area contributed by atoms with Gasteiger partial charge in [0.25, 0.3) is 11.8 Å². The molecule has 2 amide bonds. The zero-order valence-corrected chi connectivity index (χ0v) is 22.3. The van der Waals surface area contributed by atoms with Crippen LogP contribution in [-0.4, -0.2) is 66.9 Å². The number of morpholine rings is 1. The summed E-state index contributed by atoms with van der Waals surface area (Å²) < 4.78 is 6.28. The minimum atomic E-state index is -0.412. The van der Waals surface area contributed by atoms with Gasteiger partial charge in [0.1, 0.15) is 5.75 Å². The van der Waals surface area contributed by atoms with E-state index >= 15 is 0 Å². The van der Waals surface area contributed by atoms with Crippen LogP contribution in [0.2, 0.25) is 0 Å². The Morgan fingerprint density at radius 1 is 1.11 bits per heavy atom. The van der Waals surface area contributed by atoms with Crippen LogP contribution in [0.25, 0.3) is 10.4 Å². The second kappa shape index (κ2) is 11.9. The summed E-state index contributed by atoms with van der Waals surface area (Å²) in [7, 11) is 0. The van der Waals surface area contributed by atoms with E-state index in [2.05, 4.69) is 36.7 Å². The van der Waals surface area contributed by atoms with Crippen molar-refractivity contribution < 1.29 is 19.4 Å². The predicted octanol–water partition coefficient (Wildman–Crippen LogP) is 4.16. The van der Waals surface area contributed by atoms with Crippen LogP contribution in [0.4, 0.5) is 0 Å². The molecule has 1 fully saturated rings. The van der Waals surface area contributed by atoms with Gasteiger partial charge >= 0.3 is 0 Å². The molecule has 0 radical (unpaired) electrons. The molecule has 1 aromatic carbocycles. The molecule has 35 heavy (non-hydrogen) atoms. The van der Waals surface area contributed by atoms with Crippen LogP contribution in [0, 0.1) is 0 Å². The van der Waals surface area contributed by atoms with E-state index in [-0.39, 0.29) is 11.7 Å². The molecule has 184 valence electrons. The van der Waals surface area contributed by atoms with E-state index in [9.17, 15) is 14.7 Å². The molecule has 8 nitrogen and oxygen atoms in total. The van der Waals surface area contributed by atoms with Gasteiger partial charge in [-0.15, -0.1) is 22.7 Å². The van der Waals surface area contributed by atoms with Crippen molar-refractivity contribution in [3.63, 3.8) is 0 Å². The van der Waals surface area contributed by atoms with E-state index in [1.807, 2.05) is 29.6 Å². The quantitative estimate of drug-likeness (QED) is 0.276. The van der Waals surface area contributed by atoms with Gasteiger partial charge in [-0.25, -0.2) is 5.43 Å². The monoisotopic (exact) mass is 576 g/mol. The molecular formula is C24H25BrN4O4S2. The lowest BCUT2D eigenvalue weighted by Gasteiger charge is -2.26. The van der Waals surface area contributed by atoms with E-state index in [4.69, 9.17) is 4.74 Å². The van der Waals surface area contributed by atoms with Crippen molar-refractivity contribution in [1.29, 1.82) is 0 Å². The zero-order valence-electron chi connectivity index (χ0n) is 19.0. The fourth-order valence-electron chi connectivity index (χ4n) is 3.49. The largest absolute Gasteiger partial charge is 0.506 e. The highest BCUT2D eigenvalue weighted by Gasteiger charge is 2.17. The van der Waals surface area contributed by atoms with Gasteiger partial charge in [0.05, 0.1) is 39.1 Å². The Kier molecular flexibility index (Phi) is 8.69. The molecule has 3 N–H and O–H groups in total. The summed E-state index contributed by atoms with van der Waals surface area (Å²) in [5.41, 5.74) is 4.45. The SMILES string of the molecule is C/C(=N\NC(=O)c1ccc(C(=O)NCCN2CCOCC2)s1)c1csc(-c2ccc(Br)cc2)c1O. The molecule has 1 aliphatic heterocycles. The number of nitrogens with one attached hydrogen (secondary N) is 2. The minimum absolute atomic E-state index is 0.125. The Hall–Kier alpha value is -2.57. The number of ether oxygens (including phenoxy) is 1. The summed E-state index contributed by atoms with van der Waals surface area (Å²) in [6.45, 7) is 6.20. The molecule has 3 heterocycles. The average molecular weight is 578 g/mol. The summed E-state index contributed by atoms with van der Waals surface area (Å²) >= 11 is 5.92. The van der Waals surface area contributed by atoms with Crippen molar-refractivity contribution in [2.45, 2.75) is 6.92 Å². The van der Waals surface area contributed by atoms with Gasteiger partial charge in [-0.05, 0) is 36.8 Å². The molecule has 0 aliphatic carbocycles. The van der Waals surface area contributed by atoms with Gasteiger partial charge in [0.2, 0.25) is 0 Å². The van der Waals surface area contributed by atoms with Crippen molar-refractivity contribution in [2.24, 2.45) is 5.10 Å². The van der Waals surface area contributed by atoms with Crippen LogP contribution in [0.1, 0.15) is 31.8 Å². The Morgan fingerprint density at radius 3 is 2.51 bits per heavy atom. The first-order chi connectivity index (χ1) is 16.9. The van der Waals surface area contributed by atoms with Crippen LogP contribution in [0.5, 0.6) is 5.75 Å². The molecule has 3 aromatic rings. The smallest absolute Gasteiger partial charge is 0.281 e. The van der Waals surface area contributed by atoms with Gasteiger partial charge in [0.15, 0.2) is 0 Å². The number of hydrazone groups is 1. The molecule has 2 aromatic heterocycles. The van der Waals surface area contributed by atoms with Crippen LogP contribution in [-0.2, 0) is 4.74 Å². The third-order valence-electron chi connectivity index (χ3n) is 5.46. The number of benzene rings is 1. The van der Waals surface area contributed by atoms with Crippen molar-refractivity contribution in [3.05, 3.63) is 61.6 Å². The first kappa shape index (κ1) is 25.5. The highest BCUT2D eigenvalue weighted by Crippen LogP contribution is 2.39. The number of nitrogens with zero attached hydrogens (tertiary/aromatic N) is 2. The van der Waals surface area contributed by atoms with Crippen LogP contribution < -0.4 is 10.7 Å². The lowest BCUT2D eigenvalue weighted by atomic mass is 10.1. The van der Waals surface area contributed by atoms with Gasteiger partial charge in [-0.3, -0.25) is 14.5 Å². The van der Waals surface area contributed by atoms with E-state index in [1.54, 1.807) is 19.1 Å². The number of carbonyl (C=O) groups excluding carboxylic acids is 2. The molecule has 1 aliphatic rings. The molecule has 0 atom stereocenters. The zero-order chi connectivity index (χ0) is 24.8. The summed E-state index contributed by atoms with van der Waals surface area (Å²) in [6, 6.07) is 10.9. The fraction of sp³-hybridized carbons (Fsp3) is 0.292. The van der Waals surface area contributed by atoms with E-state index in [1.165, 1.54) is 11.3 Å². The summed E-state index contributed by atoms with van der Waals surface area (Å²) in [6.07, 6.45) is 0. The first-order valence-corrected chi connectivity index (χ1v) is 13.5. The lowest BCUT2D eigenvalue weighted by molar-refractivity contribution is 0.0383.